The largest absolute Gasteiger partial charge is 0.324 e. The van der Waals surface area contributed by atoms with Crippen molar-refractivity contribution in [2.45, 2.75) is 46.6 Å². The molecule has 90 valence electrons. The first-order valence-electron chi connectivity index (χ1n) is 5.82. The van der Waals surface area contributed by atoms with Gasteiger partial charge in [0.25, 0.3) is 0 Å². The average molecular weight is 223 g/mol. The van der Waals surface area contributed by atoms with Crippen molar-refractivity contribution in [3.8, 4) is 0 Å². The SMILES string of the molecule is Cc1cccc(C(N)CCC(C)(C)C)c1F. The van der Waals surface area contributed by atoms with Crippen molar-refractivity contribution in [3.05, 3.63) is 35.1 Å². The van der Waals surface area contributed by atoms with Gasteiger partial charge in [0, 0.05) is 11.6 Å². The van der Waals surface area contributed by atoms with E-state index in [0.29, 0.717) is 11.1 Å². The first kappa shape index (κ1) is 13.2. The number of hydrogen-bond donors (Lipinski definition) is 1. The Bertz CT molecular complexity index is 352. The van der Waals surface area contributed by atoms with Crippen LogP contribution in [0.2, 0.25) is 0 Å². The molecule has 0 amide bonds. The number of aryl methyl sites for hydroxylation is 1. The van der Waals surface area contributed by atoms with E-state index in [0.717, 1.165) is 12.8 Å². The highest BCUT2D eigenvalue weighted by molar-refractivity contribution is 5.27. The number of rotatable bonds is 3. The van der Waals surface area contributed by atoms with E-state index < -0.39 is 0 Å². The monoisotopic (exact) mass is 223 g/mol. The van der Waals surface area contributed by atoms with Crippen LogP contribution in [0.5, 0.6) is 0 Å². The van der Waals surface area contributed by atoms with E-state index in [1.54, 1.807) is 19.1 Å². The predicted octanol–water partition coefficient (Wildman–Crippen LogP) is 3.96. The summed E-state index contributed by atoms with van der Waals surface area (Å²) in [6.07, 6.45) is 1.82. The molecule has 1 nitrogen and oxygen atoms in total. The van der Waals surface area contributed by atoms with Crippen molar-refractivity contribution < 1.29 is 4.39 Å². The van der Waals surface area contributed by atoms with Gasteiger partial charge in [0.1, 0.15) is 5.82 Å². The first-order chi connectivity index (χ1) is 7.31. The molecule has 0 aliphatic heterocycles. The molecular weight excluding hydrogens is 201 g/mol. The van der Waals surface area contributed by atoms with Gasteiger partial charge in [-0.25, -0.2) is 4.39 Å². The fraction of sp³-hybridized carbons (Fsp3) is 0.571. The summed E-state index contributed by atoms with van der Waals surface area (Å²) >= 11 is 0. The van der Waals surface area contributed by atoms with Gasteiger partial charge in [0.2, 0.25) is 0 Å². The molecule has 0 fully saturated rings. The molecular formula is C14H22FN. The molecule has 2 N–H and O–H groups in total. The lowest BCUT2D eigenvalue weighted by atomic mass is 9.87. The lowest BCUT2D eigenvalue weighted by molar-refractivity contribution is 0.347. The Morgan fingerprint density at radius 3 is 2.50 bits per heavy atom. The summed E-state index contributed by atoms with van der Waals surface area (Å²) in [6.45, 7) is 8.29. The van der Waals surface area contributed by atoms with Gasteiger partial charge in [0.05, 0.1) is 0 Å². The van der Waals surface area contributed by atoms with Crippen molar-refractivity contribution in [3.63, 3.8) is 0 Å². The van der Waals surface area contributed by atoms with Crippen LogP contribution >= 0.6 is 0 Å². The highest BCUT2D eigenvalue weighted by Crippen LogP contribution is 2.27. The number of nitrogens with two attached hydrogens (primary N) is 1. The maximum atomic E-state index is 13.8. The maximum absolute atomic E-state index is 13.8. The van der Waals surface area contributed by atoms with Gasteiger partial charge in [-0.05, 0) is 30.7 Å². The molecule has 0 bridgehead atoms. The van der Waals surface area contributed by atoms with Gasteiger partial charge < -0.3 is 5.73 Å². The van der Waals surface area contributed by atoms with E-state index in [4.69, 9.17) is 5.73 Å². The smallest absolute Gasteiger partial charge is 0.130 e. The predicted molar refractivity (Wildman–Crippen MR) is 66.8 cm³/mol. The second kappa shape index (κ2) is 4.96. The number of benzene rings is 1. The molecule has 1 unspecified atom stereocenters. The van der Waals surface area contributed by atoms with Crippen molar-refractivity contribution in [2.75, 3.05) is 0 Å². The summed E-state index contributed by atoms with van der Waals surface area (Å²) in [6, 6.07) is 5.23. The van der Waals surface area contributed by atoms with E-state index in [9.17, 15) is 4.39 Å². The minimum absolute atomic E-state index is 0.149. The second-order valence-corrected chi connectivity index (χ2v) is 5.68. The topological polar surface area (TPSA) is 26.0 Å². The average Bonchev–Trinajstić information content (AvgIpc) is 2.17. The van der Waals surface area contributed by atoms with Gasteiger partial charge in [-0.2, -0.15) is 0 Å². The van der Waals surface area contributed by atoms with E-state index in [1.165, 1.54) is 0 Å². The normalized spacial score (nSPS) is 13.9. The third-order valence-corrected chi connectivity index (χ3v) is 2.83. The second-order valence-electron chi connectivity index (χ2n) is 5.68. The molecule has 0 heterocycles. The quantitative estimate of drug-likeness (QED) is 0.824. The zero-order valence-corrected chi connectivity index (χ0v) is 10.7. The van der Waals surface area contributed by atoms with E-state index in [-0.39, 0.29) is 17.3 Å². The Labute approximate surface area is 97.9 Å². The molecule has 0 saturated heterocycles. The number of halogens is 1. The van der Waals surface area contributed by atoms with Crippen molar-refractivity contribution in [1.29, 1.82) is 0 Å². The molecule has 1 rings (SSSR count). The molecule has 0 saturated carbocycles. The minimum atomic E-state index is -0.195. The molecule has 0 spiro atoms. The molecule has 2 heteroatoms. The summed E-state index contributed by atoms with van der Waals surface area (Å²) in [5.74, 6) is -0.149. The molecule has 0 aromatic heterocycles. The van der Waals surface area contributed by atoms with Crippen LogP contribution in [0.3, 0.4) is 0 Å². The fourth-order valence-electron chi connectivity index (χ4n) is 1.70. The van der Waals surface area contributed by atoms with E-state index in [2.05, 4.69) is 20.8 Å². The number of hydrogen-bond acceptors (Lipinski definition) is 1. The Morgan fingerprint density at radius 1 is 1.31 bits per heavy atom. The minimum Gasteiger partial charge on any atom is -0.324 e. The van der Waals surface area contributed by atoms with Gasteiger partial charge in [-0.3, -0.25) is 0 Å². The van der Waals surface area contributed by atoms with Crippen LogP contribution < -0.4 is 5.73 Å². The molecule has 1 atom stereocenters. The first-order valence-corrected chi connectivity index (χ1v) is 5.82. The van der Waals surface area contributed by atoms with Gasteiger partial charge in [0.15, 0.2) is 0 Å². The van der Waals surface area contributed by atoms with Gasteiger partial charge in [-0.1, -0.05) is 39.0 Å². The zero-order valence-electron chi connectivity index (χ0n) is 10.7. The van der Waals surface area contributed by atoms with Crippen LogP contribution in [-0.4, -0.2) is 0 Å². The standard InChI is InChI=1S/C14H22FN/c1-10-6-5-7-11(13(10)15)12(16)8-9-14(2,3)4/h5-7,12H,8-9,16H2,1-4H3. The van der Waals surface area contributed by atoms with Crippen LogP contribution in [0.15, 0.2) is 18.2 Å². The third-order valence-electron chi connectivity index (χ3n) is 2.83. The van der Waals surface area contributed by atoms with Crippen LogP contribution in [0.4, 0.5) is 4.39 Å². The van der Waals surface area contributed by atoms with Crippen LogP contribution in [-0.2, 0) is 0 Å². The molecule has 0 aliphatic carbocycles. The summed E-state index contributed by atoms with van der Waals surface area (Å²) < 4.78 is 13.8. The third kappa shape index (κ3) is 3.60. The van der Waals surface area contributed by atoms with Crippen molar-refractivity contribution in [1.82, 2.24) is 0 Å². The maximum Gasteiger partial charge on any atom is 0.130 e. The Kier molecular flexibility index (Phi) is 4.09. The zero-order chi connectivity index (χ0) is 12.3. The van der Waals surface area contributed by atoms with Gasteiger partial charge >= 0.3 is 0 Å². The Morgan fingerprint density at radius 2 is 1.94 bits per heavy atom. The summed E-state index contributed by atoms with van der Waals surface area (Å²) in [5.41, 5.74) is 7.59. The van der Waals surface area contributed by atoms with Gasteiger partial charge in [-0.15, -0.1) is 0 Å². The van der Waals surface area contributed by atoms with Crippen molar-refractivity contribution in [2.24, 2.45) is 11.1 Å². The summed E-state index contributed by atoms with van der Waals surface area (Å²) in [7, 11) is 0. The van der Waals surface area contributed by atoms with Crippen molar-refractivity contribution >= 4 is 0 Å². The lowest BCUT2D eigenvalue weighted by Crippen LogP contribution is -2.16. The Balaban J connectivity index is 2.73. The lowest BCUT2D eigenvalue weighted by Gasteiger charge is -2.21. The Hall–Kier alpha value is -0.890. The summed E-state index contributed by atoms with van der Waals surface area (Å²) in [5, 5.41) is 0. The van der Waals surface area contributed by atoms with E-state index >= 15 is 0 Å². The molecule has 1 aromatic carbocycles. The molecule has 16 heavy (non-hydrogen) atoms. The fourth-order valence-corrected chi connectivity index (χ4v) is 1.70. The van der Waals surface area contributed by atoms with Crippen LogP contribution in [0, 0.1) is 18.2 Å². The highest BCUT2D eigenvalue weighted by atomic mass is 19.1. The summed E-state index contributed by atoms with van der Waals surface area (Å²) in [4.78, 5) is 0. The van der Waals surface area contributed by atoms with Crippen LogP contribution in [0.25, 0.3) is 0 Å². The molecule has 0 aliphatic rings. The molecule has 1 aromatic rings. The highest BCUT2D eigenvalue weighted by Gasteiger charge is 2.16. The van der Waals surface area contributed by atoms with Crippen LogP contribution in [0.1, 0.15) is 50.8 Å². The van der Waals surface area contributed by atoms with E-state index in [1.807, 2.05) is 6.07 Å². The molecule has 0 radical (unpaired) electrons.